The molecule has 1 unspecified atom stereocenters. The Labute approximate surface area is 104 Å². The number of aryl methyl sites for hydroxylation is 1. The smallest absolute Gasteiger partial charge is 0.223 e. The first-order valence-corrected chi connectivity index (χ1v) is 6.11. The number of hydrogen-bond acceptors (Lipinski definition) is 2. The van der Waals surface area contributed by atoms with Crippen LogP contribution >= 0.6 is 0 Å². The Morgan fingerprint density at radius 2 is 2.24 bits per heavy atom. The minimum absolute atomic E-state index is 0.168. The molecule has 1 rings (SSSR count). The van der Waals surface area contributed by atoms with Gasteiger partial charge in [0.05, 0.1) is 0 Å². The number of aromatic nitrogens is 1. The van der Waals surface area contributed by atoms with Crippen LogP contribution < -0.4 is 5.32 Å². The number of carbonyl (C=O) groups excluding carboxylic acids is 1. The minimum atomic E-state index is 0.168. The van der Waals surface area contributed by atoms with Crippen LogP contribution in [0.5, 0.6) is 0 Å². The first-order valence-electron chi connectivity index (χ1n) is 6.11. The molecule has 1 amide bonds. The van der Waals surface area contributed by atoms with Crippen LogP contribution in [-0.2, 0) is 11.3 Å². The molecule has 4 nitrogen and oxygen atoms in total. The van der Waals surface area contributed by atoms with Gasteiger partial charge in [-0.25, -0.2) is 0 Å². The molecule has 0 saturated carbocycles. The molecule has 4 heteroatoms. The number of nitrogens with zero attached hydrogens (tertiary/aromatic N) is 2. The molecule has 0 aliphatic rings. The van der Waals surface area contributed by atoms with E-state index in [1.165, 1.54) is 5.56 Å². The fourth-order valence-corrected chi connectivity index (χ4v) is 1.86. The van der Waals surface area contributed by atoms with Gasteiger partial charge in [-0.1, -0.05) is 6.92 Å². The van der Waals surface area contributed by atoms with Gasteiger partial charge in [0.25, 0.3) is 0 Å². The zero-order valence-corrected chi connectivity index (χ0v) is 11.2. The second-order valence-corrected chi connectivity index (χ2v) is 4.47. The van der Waals surface area contributed by atoms with Crippen molar-refractivity contribution in [1.82, 2.24) is 14.8 Å². The van der Waals surface area contributed by atoms with Gasteiger partial charge >= 0.3 is 0 Å². The Morgan fingerprint density at radius 3 is 2.76 bits per heavy atom. The van der Waals surface area contributed by atoms with E-state index < -0.39 is 0 Å². The maximum absolute atomic E-state index is 11.5. The molecule has 1 N–H and O–H groups in total. The zero-order chi connectivity index (χ0) is 12.8. The highest BCUT2D eigenvalue weighted by Crippen LogP contribution is 2.16. The number of nitrogens with one attached hydrogen (secondary N) is 1. The fraction of sp³-hybridized carbons (Fsp3) is 0.615. The van der Waals surface area contributed by atoms with E-state index in [2.05, 4.69) is 29.1 Å². The maximum atomic E-state index is 11.5. The Bertz CT molecular complexity index is 353. The Balaban J connectivity index is 2.54. The van der Waals surface area contributed by atoms with E-state index in [-0.39, 0.29) is 5.91 Å². The van der Waals surface area contributed by atoms with Gasteiger partial charge in [0.2, 0.25) is 5.91 Å². The van der Waals surface area contributed by atoms with Crippen molar-refractivity contribution in [2.75, 3.05) is 21.1 Å². The molecule has 0 aromatic carbocycles. The average Bonchev–Trinajstić information content (AvgIpc) is 2.76. The second-order valence-electron chi connectivity index (χ2n) is 4.47. The van der Waals surface area contributed by atoms with Gasteiger partial charge in [0.15, 0.2) is 0 Å². The van der Waals surface area contributed by atoms with Crippen LogP contribution in [-0.4, -0.2) is 36.5 Å². The van der Waals surface area contributed by atoms with Gasteiger partial charge in [-0.15, -0.1) is 0 Å². The van der Waals surface area contributed by atoms with Crippen molar-refractivity contribution in [1.29, 1.82) is 0 Å². The second kappa shape index (κ2) is 6.45. The van der Waals surface area contributed by atoms with Crippen molar-refractivity contribution >= 4 is 5.91 Å². The van der Waals surface area contributed by atoms with Gasteiger partial charge in [-0.3, -0.25) is 4.79 Å². The van der Waals surface area contributed by atoms with Gasteiger partial charge in [-0.05, 0) is 25.1 Å². The summed E-state index contributed by atoms with van der Waals surface area (Å²) in [4.78, 5) is 13.1. The van der Waals surface area contributed by atoms with Crippen LogP contribution in [0.15, 0.2) is 18.5 Å². The molecule has 0 bridgehead atoms. The molecular formula is C13H23N3O. The summed E-state index contributed by atoms with van der Waals surface area (Å²) >= 11 is 0. The fourth-order valence-electron chi connectivity index (χ4n) is 1.86. The lowest BCUT2D eigenvalue weighted by Gasteiger charge is -2.12. The lowest BCUT2D eigenvalue weighted by molar-refractivity contribution is -0.128. The van der Waals surface area contributed by atoms with Crippen LogP contribution in [0.1, 0.15) is 31.4 Å². The van der Waals surface area contributed by atoms with E-state index in [4.69, 9.17) is 0 Å². The Hall–Kier alpha value is -1.29. The lowest BCUT2D eigenvalue weighted by Crippen LogP contribution is -2.22. The van der Waals surface area contributed by atoms with Crippen molar-refractivity contribution in [3.63, 3.8) is 0 Å². The largest absolute Gasteiger partial charge is 0.353 e. The summed E-state index contributed by atoms with van der Waals surface area (Å²) < 4.78 is 2.08. The molecular weight excluding hydrogens is 214 g/mol. The normalized spacial score (nSPS) is 12.5. The van der Waals surface area contributed by atoms with Gasteiger partial charge < -0.3 is 14.8 Å². The first kappa shape index (κ1) is 13.8. The molecule has 1 heterocycles. The number of carbonyl (C=O) groups is 1. The van der Waals surface area contributed by atoms with Crippen LogP contribution in [0.3, 0.4) is 0 Å². The third-order valence-corrected chi connectivity index (χ3v) is 3.02. The molecule has 0 aliphatic carbocycles. The SMILES string of the molecule is CCC(NC)c1ccn(CCC(=O)N(C)C)c1. The van der Waals surface area contributed by atoms with E-state index in [0.29, 0.717) is 12.5 Å². The lowest BCUT2D eigenvalue weighted by atomic mass is 10.1. The number of rotatable bonds is 6. The summed E-state index contributed by atoms with van der Waals surface area (Å²) in [7, 11) is 5.55. The van der Waals surface area contributed by atoms with Crippen LogP contribution in [0.25, 0.3) is 0 Å². The van der Waals surface area contributed by atoms with Crippen molar-refractivity contribution in [3.05, 3.63) is 24.0 Å². The van der Waals surface area contributed by atoms with Crippen molar-refractivity contribution in [2.45, 2.75) is 32.4 Å². The average molecular weight is 237 g/mol. The quantitative estimate of drug-likeness (QED) is 0.816. The predicted octanol–water partition coefficient (Wildman–Crippen LogP) is 1.64. The van der Waals surface area contributed by atoms with Crippen molar-refractivity contribution in [3.8, 4) is 0 Å². The summed E-state index contributed by atoms with van der Waals surface area (Å²) in [5.74, 6) is 0.168. The van der Waals surface area contributed by atoms with Crippen LogP contribution in [0.4, 0.5) is 0 Å². The molecule has 0 aliphatic heterocycles. The molecule has 0 spiro atoms. The van der Waals surface area contributed by atoms with E-state index in [0.717, 1.165) is 13.0 Å². The van der Waals surface area contributed by atoms with Gasteiger partial charge in [0, 0.05) is 45.5 Å². The summed E-state index contributed by atoms with van der Waals surface area (Å²) in [6, 6.07) is 2.52. The number of hydrogen-bond donors (Lipinski definition) is 1. The summed E-state index contributed by atoms with van der Waals surface area (Å²) in [6.45, 7) is 2.91. The van der Waals surface area contributed by atoms with E-state index in [9.17, 15) is 4.79 Å². The molecule has 1 aromatic rings. The predicted molar refractivity (Wildman–Crippen MR) is 69.8 cm³/mol. The molecule has 0 saturated heterocycles. The van der Waals surface area contributed by atoms with Gasteiger partial charge in [-0.2, -0.15) is 0 Å². The summed E-state index contributed by atoms with van der Waals surface area (Å²) in [5, 5.41) is 3.28. The Morgan fingerprint density at radius 1 is 1.53 bits per heavy atom. The molecule has 0 fully saturated rings. The third-order valence-electron chi connectivity index (χ3n) is 3.02. The molecule has 1 atom stereocenters. The highest BCUT2D eigenvalue weighted by Gasteiger charge is 2.09. The number of amides is 1. The van der Waals surface area contributed by atoms with E-state index in [1.807, 2.05) is 13.2 Å². The highest BCUT2D eigenvalue weighted by atomic mass is 16.2. The van der Waals surface area contributed by atoms with Crippen LogP contribution in [0, 0.1) is 0 Å². The summed E-state index contributed by atoms with van der Waals surface area (Å²) in [5.41, 5.74) is 1.28. The van der Waals surface area contributed by atoms with Crippen molar-refractivity contribution < 1.29 is 4.79 Å². The van der Waals surface area contributed by atoms with Gasteiger partial charge in [0.1, 0.15) is 0 Å². The Kier molecular flexibility index (Phi) is 5.22. The van der Waals surface area contributed by atoms with E-state index in [1.54, 1.807) is 19.0 Å². The minimum Gasteiger partial charge on any atom is -0.353 e. The highest BCUT2D eigenvalue weighted by molar-refractivity contribution is 5.75. The molecule has 17 heavy (non-hydrogen) atoms. The van der Waals surface area contributed by atoms with Crippen LogP contribution in [0.2, 0.25) is 0 Å². The third kappa shape index (κ3) is 3.89. The summed E-state index contributed by atoms with van der Waals surface area (Å²) in [6.07, 6.45) is 5.78. The van der Waals surface area contributed by atoms with E-state index >= 15 is 0 Å². The van der Waals surface area contributed by atoms with Crippen molar-refractivity contribution in [2.24, 2.45) is 0 Å². The topological polar surface area (TPSA) is 37.3 Å². The maximum Gasteiger partial charge on any atom is 0.223 e. The zero-order valence-electron chi connectivity index (χ0n) is 11.2. The standard InChI is InChI=1S/C13H23N3O/c1-5-12(14-2)11-6-8-16(10-11)9-7-13(17)15(3)4/h6,8,10,12,14H,5,7,9H2,1-4H3. The molecule has 0 radical (unpaired) electrons. The first-order chi connectivity index (χ1) is 8.08. The molecule has 96 valence electrons. The monoisotopic (exact) mass is 237 g/mol. The molecule has 1 aromatic heterocycles.